The summed E-state index contributed by atoms with van der Waals surface area (Å²) in [6, 6.07) is 0. The van der Waals surface area contributed by atoms with Gasteiger partial charge in [0, 0.05) is 13.2 Å². The second-order valence-corrected chi connectivity index (χ2v) is 6.92. The molecule has 0 aliphatic heterocycles. The van der Waals surface area contributed by atoms with Gasteiger partial charge in [0.1, 0.15) is 0 Å². The summed E-state index contributed by atoms with van der Waals surface area (Å²) in [6.07, 6.45) is 7.45. The summed E-state index contributed by atoms with van der Waals surface area (Å²) in [4.78, 5) is 0. The Bertz CT molecular complexity index is 306. The van der Waals surface area contributed by atoms with E-state index >= 15 is 0 Å². The van der Waals surface area contributed by atoms with E-state index < -0.39 is 10.0 Å². The zero-order valence-electron chi connectivity index (χ0n) is 13.0. The minimum atomic E-state index is -3.27. The molecule has 0 aromatic carbocycles. The van der Waals surface area contributed by atoms with Gasteiger partial charge < -0.3 is 9.47 Å². The lowest BCUT2D eigenvalue weighted by molar-refractivity contribution is -0.00458. The zero-order valence-corrected chi connectivity index (χ0v) is 13.8. The van der Waals surface area contributed by atoms with Crippen LogP contribution in [0, 0.1) is 0 Å². The van der Waals surface area contributed by atoms with Crippen LogP contribution in [0.1, 0.15) is 58.8 Å². The molecule has 1 unspecified atom stereocenters. The molecule has 20 heavy (non-hydrogen) atoms. The fourth-order valence-corrected chi connectivity index (χ4v) is 2.51. The van der Waals surface area contributed by atoms with Gasteiger partial charge in [-0.2, -0.15) is 0 Å². The minimum Gasteiger partial charge on any atom is -0.379 e. The molecule has 0 spiro atoms. The molecule has 0 rings (SSSR count). The van der Waals surface area contributed by atoms with Gasteiger partial charge in [-0.1, -0.05) is 32.1 Å². The van der Waals surface area contributed by atoms with Crippen LogP contribution in [0.5, 0.6) is 0 Å². The molecule has 5 nitrogen and oxygen atoms in total. The number of rotatable bonds is 14. The van der Waals surface area contributed by atoms with Gasteiger partial charge in [0.05, 0.1) is 18.5 Å². The Morgan fingerprint density at radius 3 is 2.10 bits per heavy atom. The van der Waals surface area contributed by atoms with E-state index in [1.807, 2.05) is 13.8 Å². The molecule has 0 saturated heterocycles. The highest BCUT2D eigenvalue weighted by molar-refractivity contribution is 7.89. The first-order valence-corrected chi connectivity index (χ1v) is 9.37. The quantitative estimate of drug-likeness (QED) is 0.500. The lowest BCUT2D eigenvalue weighted by Crippen LogP contribution is -2.16. The standard InChI is InChI=1S/C14H31NO4S/c1-3-18-13-14(2)19-11-9-7-5-4-6-8-10-12-20(15,16)17/h14H,3-13H2,1-2H3,(H2,15,16,17). The fraction of sp³-hybridized carbons (Fsp3) is 1.00. The Balaban J connectivity index is 3.17. The molecule has 0 bridgehead atoms. The third kappa shape index (κ3) is 15.9. The molecular weight excluding hydrogens is 278 g/mol. The predicted octanol–water partition coefficient (Wildman–Crippen LogP) is 2.45. The van der Waals surface area contributed by atoms with E-state index in [-0.39, 0.29) is 11.9 Å². The molecular formula is C14H31NO4S. The fourth-order valence-electron chi connectivity index (χ4n) is 1.91. The summed E-state index contributed by atoms with van der Waals surface area (Å²) in [5, 5.41) is 4.94. The smallest absolute Gasteiger partial charge is 0.209 e. The molecule has 0 aromatic rings. The van der Waals surface area contributed by atoms with E-state index in [9.17, 15) is 8.42 Å². The van der Waals surface area contributed by atoms with Crippen LogP contribution in [0.4, 0.5) is 0 Å². The molecule has 0 aliphatic rings. The molecule has 2 N–H and O–H groups in total. The van der Waals surface area contributed by atoms with Crippen LogP contribution >= 0.6 is 0 Å². The first-order valence-electron chi connectivity index (χ1n) is 7.65. The first kappa shape index (κ1) is 19.8. The van der Waals surface area contributed by atoms with E-state index in [0.717, 1.165) is 45.3 Å². The molecule has 0 aliphatic carbocycles. The van der Waals surface area contributed by atoms with Gasteiger partial charge in [-0.3, -0.25) is 0 Å². The van der Waals surface area contributed by atoms with Crippen LogP contribution in [-0.4, -0.2) is 40.1 Å². The van der Waals surface area contributed by atoms with Crippen LogP contribution in [-0.2, 0) is 19.5 Å². The summed E-state index contributed by atoms with van der Waals surface area (Å²) in [5.74, 6) is 0.110. The molecule has 122 valence electrons. The third-order valence-electron chi connectivity index (χ3n) is 3.03. The van der Waals surface area contributed by atoms with Gasteiger partial charge in [0.25, 0.3) is 0 Å². The molecule has 0 radical (unpaired) electrons. The Hall–Kier alpha value is -0.170. The van der Waals surface area contributed by atoms with Gasteiger partial charge in [0.2, 0.25) is 10.0 Å². The number of nitrogens with two attached hydrogens (primary N) is 1. The lowest BCUT2D eigenvalue weighted by atomic mass is 10.1. The van der Waals surface area contributed by atoms with Crippen molar-refractivity contribution in [1.82, 2.24) is 0 Å². The van der Waals surface area contributed by atoms with Crippen LogP contribution in [0.3, 0.4) is 0 Å². The van der Waals surface area contributed by atoms with Crippen molar-refractivity contribution in [3.8, 4) is 0 Å². The van der Waals surface area contributed by atoms with E-state index in [4.69, 9.17) is 14.6 Å². The topological polar surface area (TPSA) is 78.6 Å². The summed E-state index contributed by atoms with van der Waals surface area (Å²) in [5.41, 5.74) is 0. The number of hydrogen-bond donors (Lipinski definition) is 1. The minimum absolute atomic E-state index is 0.110. The maximum atomic E-state index is 10.7. The Labute approximate surface area is 124 Å². The van der Waals surface area contributed by atoms with Gasteiger partial charge >= 0.3 is 0 Å². The Kier molecular flexibility index (Phi) is 12.5. The summed E-state index contributed by atoms with van der Waals surface area (Å²) in [7, 11) is -3.27. The van der Waals surface area contributed by atoms with Gasteiger partial charge in [-0.25, -0.2) is 13.6 Å². The van der Waals surface area contributed by atoms with Gasteiger partial charge in [0.15, 0.2) is 0 Å². The van der Waals surface area contributed by atoms with Crippen molar-refractivity contribution in [2.45, 2.75) is 64.9 Å². The number of unbranched alkanes of at least 4 members (excludes halogenated alkanes) is 6. The molecule has 6 heteroatoms. The van der Waals surface area contributed by atoms with Crippen molar-refractivity contribution < 1.29 is 17.9 Å². The van der Waals surface area contributed by atoms with E-state index in [1.54, 1.807) is 0 Å². The average molecular weight is 309 g/mol. The maximum absolute atomic E-state index is 10.7. The highest BCUT2D eigenvalue weighted by Crippen LogP contribution is 2.08. The zero-order chi connectivity index (χ0) is 15.3. The molecule has 0 aromatic heterocycles. The number of ether oxygens (including phenoxy) is 2. The second kappa shape index (κ2) is 12.6. The summed E-state index contributed by atoms with van der Waals surface area (Å²) in [6.45, 7) is 6.20. The van der Waals surface area contributed by atoms with Gasteiger partial charge in [-0.05, 0) is 26.7 Å². The van der Waals surface area contributed by atoms with Crippen LogP contribution in [0.25, 0.3) is 0 Å². The van der Waals surface area contributed by atoms with E-state index in [2.05, 4.69) is 0 Å². The number of hydrogen-bond acceptors (Lipinski definition) is 4. The van der Waals surface area contributed by atoms with Crippen molar-refractivity contribution in [2.24, 2.45) is 5.14 Å². The van der Waals surface area contributed by atoms with Crippen molar-refractivity contribution in [3.05, 3.63) is 0 Å². The number of sulfonamides is 1. The molecule has 0 saturated carbocycles. The molecule has 1 atom stereocenters. The van der Waals surface area contributed by atoms with Crippen LogP contribution in [0.15, 0.2) is 0 Å². The van der Waals surface area contributed by atoms with Gasteiger partial charge in [-0.15, -0.1) is 0 Å². The monoisotopic (exact) mass is 309 g/mol. The molecule has 0 heterocycles. The predicted molar refractivity (Wildman–Crippen MR) is 82.2 cm³/mol. The second-order valence-electron chi connectivity index (χ2n) is 5.18. The largest absolute Gasteiger partial charge is 0.379 e. The van der Waals surface area contributed by atoms with Crippen molar-refractivity contribution >= 4 is 10.0 Å². The van der Waals surface area contributed by atoms with Crippen molar-refractivity contribution in [1.29, 1.82) is 0 Å². The highest BCUT2D eigenvalue weighted by atomic mass is 32.2. The lowest BCUT2D eigenvalue weighted by Gasteiger charge is -2.12. The summed E-state index contributed by atoms with van der Waals surface area (Å²) < 4.78 is 32.3. The van der Waals surface area contributed by atoms with E-state index in [0.29, 0.717) is 13.0 Å². The van der Waals surface area contributed by atoms with Crippen LogP contribution in [0.2, 0.25) is 0 Å². The summed E-state index contributed by atoms with van der Waals surface area (Å²) >= 11 is 0. The maximum Gasteiger partial charge on any atom is 0.209 e. The van der Waals surface area contributed by atoms with Crippen LogP contribution < -0.4 is 5.14 Å². The third-order valence-corrected chi connectivity index (χ3v) is 3.89. The first-order chi connectivity index (χ1) is 9.45. The Morgan fingerprint density at radius 1 is 1.00 bits per heavy atom. The SMILES string of the molecule is CCOCC(C)OCCCCCCCCCS(N)(=O)=O. The Morgan fingerprint density at radius 2 is 1.55 bits per heavy atom. The normalized spacial score (nSPS) is 13.6. The van der Waals surface area contributed by atoms with Crippen molar-refractivity contribution in [2.75, 3.05) is 25.6 Å². The number of primary sulfonamides is 1. The average Bonchev–Trinajstić information content (AvgIpc) is 2.37. The highest BCUT2D eigenvalue weighted by Gasteiger charge is 2.02. The molecule has 0 amide bonds. The van der Waals surface area contributed by atoms with Crippen molar-refractivity contribution in [3.63, 3.8) is 0 Å². The molecule has 0 fully saturated rings. The van der Waals surface area contributed by atoms with E-state index in [1.165, 1.54) is 6.42 Å².